The molecule has 0 amide bonds. The minimum atomic E-state index is -0.0182. The van der Waals surface area contributed by atoms with Crippen molar-refractivity contribution in [2.75, 3.05) is 0 Å². The fraction of sp³-hybridized carbons (Fsp3) is 0.250. The second-order valence-electron chi connectivity index (χ2n) is 6.90. The maximum Gasteiger partial charge on any atom is 0.409 e. The van der Waals surface area contributed by atoms with Crippen LogP contribution in [0.5, 0.6) is 5.75 Å². The lowest BCUT2D eigenvalue weighted by molar-refractivity contribution is 0.513. The monoisotopic (exact) mass is 346 g/mol. The summed E-state index contributed by atoms with van der Waals surface area (Å²) in [5.41, 5.74) is 18.6. The molecule has 0 aliphatic carbocycles. The summed E-state index contributed by atoms with van der Waals surface area (Å²) >= 11 is 0. The average molecular weight is 346 g/mol. The predicted molar refractivity (Wildman–Crippen MR) is 106 cm³/mol. The van der Waals surface area contributed by atoms with Crippen molar-refractivity contribution >= 4 is 18.2 Å². The fourth-order valence-electron chi connectivity index (χ4n) is 3.69. The Kier molecular flexibility index (Phi) is 4.30. The Morgan fingerprint density at radius 3 is 2.88 bits per heavy atom. The summed E-state index contributed by atoms with van der Waals surface area (Å²) in [5.74, 6) is 3.28. The van der Waals surface area contributed by atoms with E-state index in [0.29, 0.717) is 13.1 Å². The van der Waals surface area contributed by atoms with Crippen LogP contribution < -0.4 is 21.4 Å². The molecule has 26 heavy (non-hydrogen) atoms. The highest BCUT2D eigenvalue weighted by Gasteiger charge is 2.39. The standard InChI is InChI=1S/C20H23BN4O/c1-12(2)15-5-3-4-13-8-19-21(26-20(13)15)9-17(25-19)16-7-6-14(10-22)18(11-23)24-16/h3-7,9,19,25H,1,8,10-11,22-23H2,2H3. The van der Waals surface area contributed by atoms with Crippen LogP contribution in [0, 0.1) is 0 Å². The number of nitrogens with zero attached hydrogens (tertiary/aromatic N) is 1. The first-order chi connectivity index (χ1) is 12.6. The van der Waals surface area contributed by atoms with Gasteiger partial charge in [-0.05, 0) is 42.1 Å². The Morgan fingerprint density at radius 1 is 1.31 bits per heavy atom. The van der Waals surface area contributed by atoms with Gasteiger partial charge in [-0.2, -0.15) is 0 Å². The zero-order valence-corrected chi connectivity index (χ0v) is 15.0. The van der Waals surface area contributed by atoms with Crippen molar-refractivity contribution in [3.63, 3.8) is 0 Å². The quantitative estimate of drug-likeness (QED) is 0.738. The van der Waals surface area contributed by atoms with Crippen LogP contribution >= 0.6 is 0 Å². The summed E-state index contributed by atoms with van der Waals surface area (Å²) in [6.07, 6.45) is 0.908. The molecule has 2 aromatic rings. The maximum absolute atomic E-state index is 6.33. The van der Waals surface area contributed by atoms with Crippen LogP contribution in [-0.2, 0) is 19.5 Å². The lowest BCUT2D eigenvalue weighted by Crippen LogP contribution is -2.44. The predicted octanol–water partition coefficient (Wildman–Crippen LogP) is 2.05. The van der Waals surface area contributed by atoms with Crippen molar-refractivity contribution < 1.29 is 4.65 Å². The van der Waals surface area contributed by atoms with Crippen LogP contribution in [0.1, 0.15) is 35.0 Å². The molecule has 1 aromatic heterocycles. The molecular weight excluding hydrogens is 323 g/mol. The van der Waals surface area contributed by atoms with E-state index >= 15 is 0 Å². The van der Waals surface area contributed by atoms with Crippen LogP contribution in [0.4, 0.5) is 0 Å². The summed E-state index contributed by atoms with van der Waals surface area (Å²) in [7, 11) is 0. The molecule has 5 N–H and O–H groups in total. The minimum absolute atomic E-state index is 0.0182. The lowest BCUT2D eigenvalue weighted by Gasteiger charge is -2.28. The molecule has 2 aliphatic rings. The molecule has 2 aliphatic heterocycles. The number of rotatable bonds is 4. The fourth-order valence-corrected chi connectivity index (χ4v) is 3.69. The first-order valence-corrected chi connectivity index (χ1v) is 8.92. The first kappa shape index (κ1) is 16.9. The van der Waals surface area contributed by atoms with E-state index in [-0.39, 0.29) is 12.9 Å². The molecule has 5 nitrogen and oxygen atoms in total. The van der Waals surface area contributed by atoms with E-state index in [2.05, 4.69) is 36.1 Å². The molecule has 1 unspecified atom stereocenters. The molecule has 0 saturated carbocycles. The van der Waals surface area contributed by atoms with Crippen molar-refractivity contribution in [2.24, 2.45) is 11.5 Å². The van der Waals surface area contributed by atoms with E-state index in [1.165, 1.54) is 5.56 Å². The van der Waals surface area contributed by atoms with Gasteiger partial charge in [0.05, 0.1) is 23.0 Å². The summed E-state index contributed by atoms with van der Waals surface area (Å²) in [5, 5.41) is 3.57. The van der Waals surface area contributed by atoms with Gasteiger partial charge in [0, 0.05) is 18.7 Å². The number of fused-ring (bicyclic) bond motifs is 2. The number of para-hydroxylation sites is 1. The molecule has 6 heteroatoms. The number of aromatic nitrogens is 1. The van der Waals surface area contributed by atoms with Gasteiger partial charge in [-0.1, -0.05) is 30.8 Å². The number of pyridine rings is 1. The summed E-state index contributed by atoms with van der Waals surface area (Å²) in [6.45, 7) is 6.89. The topological polar surface area (TPSA) is 86.2 Å². The van der Waals surface area contributed by atoms with Crippen LogP contribution in [0.2, 0.25) is 0 Å². The number of nitrogens with one attached hydrogen (secondary N) is 1. The molecule has 1 aromatic carbocycles. The Morgan fingerprint density at radius 2 is 2.15 bits per heavy atom. The summed E-state index contributed by atoms with van der Waals surface area (Å²) < 4.78 is 6.33. The van der Waals surface area contributed by atoms with Crippen molar-refractivity contribution in [3.05, 3.63) is 71.0 Å². The van der Waals surface area contributed by atoms with E-state index in [4.69, 9.17) is 21.1 Å². The second kappa shape index (κ2) is 6.63. The van der Waals surface area contributed by atoms with E-state index < -0.39 is 0 Å². The molecule has 0 fully saturated rings. The molecule has 3 heterocycles. The second-order valence-corrected chi connectivity index (χ2v) is 6.90. The maximum atomic E-state index is 6.33. The van der Waals surface area contributed by atoms with Gasteiger partial charge in [0.1, 0.15) is 5.75 Å². The number of nitrogens with two attached hydrogens (primary N) is 2. The van der Waals surface area contributed by atoms with E-state index in [0.717, 1.165) is 46.0 Å². The largest absolute Gasteiger partial charge is 0.554 e. The average Bonchev–Trinajstić information content (AvgIpc) is 3.07. The Balaban J connectivity index is 1.64. The Hall–Kier alpha value is -2.57. The molecule has 132 valence electrons. The highest BCUT2D eigenvalue weighted by Crippen LogP contribution is 2.36. The van der Waals surface area contributed by atoms with Gasteiger partial charge in [0.2, 0.25) is 0 Å². The zero-order chi connectivity index (χ0) is 18.3. The van der Waals surface area contributed by atoms with Crippen molar-refractivity contribution in [1.82, 2.24) is 10.3 Å². The van der Waals surface area contributed by atoms with Crippen LogP contribution in [0.3, 0.4) is 0 Å². The van der Waals surface area contributed by atoms with Gasteiger partial charge in [0.25, 0.3) is 0 Å². The van der Waals surface area contributed by atoms with Gasteiger partial charge >= 0.3 is 6.92 Å². The van der Waals surface area contributed by atoms with Crippen molar-refractivity contribution in [3.8, 4) is 5.75 Å². The van der Waals surface area contributed by atoms with Gasteiger partial charge in [-0.25, -0.2) is 4.98 Å². The third-order valence-electron chi connectivity index (χ3n) is 5.08. The number of hydrogen-bond donors (Lipinski definition) is 3. The van der Waals surface area contributed by atoms with Crippen molar-refractivity contribution in [1.29, 1.82) is 0 Å². The van der Waals surface area contributed by atoms with Crippen molar-refractivity contribution in [2.45, 2.75) is 32.4 Å². The third-order valence-corrected chi connectivity index (χ3v) is 5.08. The van der Waals surface area contributed by atoms with E-state index in [1.54, 1.807) is 0 Å². The van der Waals surface area contributed by atoms with Crippen LogP contribution in [-0.4, -0.2) is 17.8 Å². The van der Waals surface area contributed by atoms with E-state index in [9.17, 15) is 0 Å². The van der Waals surface area contributed by atoms with Gasteiger partial charge in [-0.3, -0.25) is 0 Å². The van der Waals surface area contributed by atoms with E-state index in [1.807, 2.05) is 19.1 Å². The van der Waals surface area contributed by atoms with Crippen LogP contribution in [0.25, 0.3) is 11.3 Å². The molecule has 1 atom stereocenters. The SMILES string of the molecule is C=C(C)c1cccc2c1OB1C=C(c3ccc(CN)c(CN)n3)NC1C2. The molecule has 4 rings (SSSR count). The number of allylic oxidation sites excluding steroid dienone is 1. The Bertz CT molecular complexity index is 909. The molecule has 0 bridgehead atoms. The summed E-state index contributed by atoms with van der Waals surface area (Å²) in [6, 6.07) is 10.2. The zero-order valence-electron chi connectivity index (χ0n) is 15.0. The van der Waals surface area contributed by atoms with Gasteiger partial charge < -0.3 is 21.4 Å². The normalized spacial score (nSPS) is 17.7. The molecular formula is C20H23BN4O. The van der Waals surface area contributed by atoms with Crippen LogP contribution in [0.15, 0.2) is 42.9 Å². The highest BCUT2D eigenvalue weighted by atomic mass is 16.4. The summed E-state index contributed by atoms with van der Waals surface area (Å²) in [4.78, 5) is 4.69. The lowest BCUT2D eigenvalue weighted by atomic mass is 9.58. The smallest absolute Gasteiger partial charge is 0.409 e. The molecule has 0 spiro atoms. The molecule has 0 saturated heterocycles. The number of hydrogen-bond acceptors (Lipinski definition) is 5. The first-order valence-electron chi connectivity index (χ1n) is 8.92. The van der Waals surface area contributed by atoms with Gasteiger partial charge in [-0.15, -0.1) is 0 Å². The Labute approximate surface area is 154 Å². The minimum Gasteiger partial charge on any atom is -0.554 e. The number of benzene rings is 1. The highest BCUT2D eigenvalue weighted by molar-refractivity contribution is 6.63. The van der Waals surface area contributed by atoms with Gasteiger partial charge in [0.15, 0.2) is 0 Å². The molecule has 0 radical (unpaired) electrons. The third kappa shape index (κ3) is 2.81.